The largest absolute Gasteiger partial charge is 0.235 e. The van der Waals surface area contributed by atoms with Gasteiger partial charge in [-0.2, -0.15) is 0 Å². The maximum absolute atomic E-state index is 10.3. The summed E-state index contributed by atoms with van der Waals surface area (Å²) in [5.41, 5.74) is 1.23. The molecule has 0 heterocycles. The van der Waals surface area contributed by atoms with Crippen molar-refractivity contribution in [3.63, 3.8) is 0 Å². The molecule has 102 valence electrons. The third-order valence-corrected chi connectivity index (χ3v) is 4.61. The van der Waals surface area contributed by atoms with Crippen molar-refractivity contribution in [3.8, 4) is 0 Å². The Morgan fingerprint density at radius 1 is 0.895 bits per heavy atom. The van der Waals surface area contributed by atoms with E-state index >= 15 is 0 Å². The van der Waals surface area contributed by atoms with Crippen LogP contribution in [0.15, 0.2) is 22.1 Å². The molecule has 0 aromatic heterocycles. The van der Waals surface area contributed by atoms with E-state index in [1.807, 2.05) is 0 Å². The number of aliphatic imine (C=N–C) groups is 2. The molecule has 2 atom stereocenters. The molecule has 0 aliphatic heterocycles. The Morgan fingerprint density at radius 3 is 2.05 bits per heavy atom. The molecule has 2 fully saturated rings. The summed E-state index contributed by atoms with van der Waals surface area (Å²) in [6.45, 7) is 4.18. The van der Waals surface area contributed by atoms with Crippen LogP contribution >= 0.6 is 0 Å². The van der Waals surface area contributed by atoms with Crippen LogP contribution in [0, 0.1) is 11.8 Å². The normalized spacial score (nSPS) is 35.1. The van der Waals surface area contributed by atoms with E-state index in [1.165, 1.54) is 5.57 Å². The SMILES string of the molecule is C=C1CC(N=C=O)CCC1C1CCC(N=C=O)CC1. The zero-order valence-corrected chi connectivity index (χ0v) is 11.2. The maximum Gasteiger partial charge on any atom is 0.235 e. The average molecular weight is 260 g/mol. The summed E-state index contributed by atoms with van der Waals surface area (Å²) in [5, 5.41) is 0. The summed E-state index contributed by atoms with van der Waals surface area (Å²) in [6.07, 6.45) is 10.4. The van der Waals surface area contributed by atoms with E-state index in [9.17, 15) is 9.59 Å². The van der Waals surface area contributed by atoms with Crippen molar-refractivity contribution in [1.82, 2.24) is 0 Å². The number of carbonyl (C=O) groups excluding carboxylic acids is 2. The quantitative estimate of drug-likeness (QED) is 0.445. The number of nitrogens with zero attached hydrogens (tertiary/aromatic N) is 2. The van der Waals surface area contributed by atoms with E-state index in [0.29, 0.717) is 11.8 Å². The molecule has 0 aromatic rings. The lowest BCUT2D eigenvalue weighted by atomic mass is 9.69. The molecule has 2 saturated carbocycles. The topological polar surface area (TPSA) is 58.9 Å². The van der Waals surface area contributed by atoms with Gasteiger partial charge >= 0.3 is 0 Å². The van der Waals surface area contributed by atoms with Crippen molar-refractivity contribution < 1.29 is 9.59 Å². The van der Waals surface area contributed by atoms with Crippen LogP contribution in [0.4, 0.5) is 0 Å². The van der Waals surface area contributed by atoms with Crippen LogP contribution < -0.4 is 0 Å². The molecule has 0 amide bonds. The maximum atomic E-state index is 10.3. The van der Waals surface area contributed by atoms with Gasteiger partial charge in [0.25, 0.3) is 0 Å². The fourth-order valence-electron chi connectivity index (χ4n) is 3.59. The minimum Gasteiger partial charge on any atom is -0.211 e. The minimum atomic E-state index is 0.0947. The highest BCUT2D eigenvalue weighted by molar-refractivity contribution is 5.34. The number of rotatable bonds is 3. The van der Waals surface area contributed by atoms with Crippen LogP contribution in [-0.2, 0) is 9.59 Å². The Balaban J connectivity index is 1.88. The van der Waals surface area contributed by atoms with Crippen molar-refractivity contribution in [1.29, 1.82) is 0 Å². The molecular formula is C15H20N2O2. The second-order valence-corrected chi connectivity index (χ2v) is 5.71. The van der Waals surface area contributed by atoms with Crippen molar-refractivity contribution in [3.05, 3.63) is 12.2 Å². The summed E-state index contributed by atoms with van der Waals surface area (Å²) in [7, 11) is 0. The zero-order valence-electron chi connectivity index (χ0n) is 11.2. The lowest BCUT2D eigenvalue weighted by Gasteiger charge is -2.37. The smallest absolute Gasteiger partial charge is 0.211 e. The Hall–Kier alpha value is -1.50. The van der Waals surface area contributed by atoms with Gasteiger partial charge in [0.15, 0.2) is 0 Å². The van der Waals surface area contributed by atoms with Crippen molar-refractivity contribution >= 4 is 12.2 Å². The number of isocyanates is 2. The molecule has 0 aromatic carbocycles. The first-order chi connectivity index (χ1) is 9.24. The van der Waals surface area contributed by atoms with Gasteiger partial charge in [-0.25, -0.2) is 19.6 Å². The van der Waals surface area contributed by atoms with Gasteiger partial charge in [0.1, 0.15) is 0 Å². The Labute approximate surface area is 113 Å². The van der Waals surface area contributed by atoms with Crippen molar-refractivity contribution in [2.24, 2.45) is 21.8 Å². The molecule has 19 heavy (non-hydrogen) atoms. The molecular weight excluding hydrogens is 240 g/mol. The fraction of sp³-hybridized carbons (Fsp3) is 0.733. The lowest BCUT2D eigenvalue weighted by Crippen LogP contribution is -2.29. The molecule has 0 spiro atoms. The van der Waals surface area contributed by atoms with Crippen molar-refractivity contribution in [2.45, 2.75) is 57.0 Å². The van der Waals surface area contributed by atoms with E-state index in [4.69, 9.17) is 0 Å². The summed E-state index contributed by atoms with van der Waals surface area (Å²) in [4.78, 5) is 28.2. The van der Waals surface area contributed by atoms with Crippen molar-refractivity contribution in [2.75, 3.05) is 0 Å². The Bertz CT molecular complexity index is 425. The van der Waals surface area contributed by atoms with Crippen LogP contribution in [-0.4, -0.2) is 24.2 Å². The van der Waals surface area contributed by atoms with Crippen LogP contribution in [0.5, 0.6) is 0 Å². The highest BCUT2D eigenvalue weighted by Crippen LogP contribution is 2.41. The van der Waals surface area contributed by atoms with Gasteiger partial charge in [0, 0.05) is 0 Å². The summed E-state index contributed by atoms with van der Waals surface area (Å²) < 4.78 is 0. The molecule has 2 unspecified atom stereocenters. The first-order valence-electron chi connectivity index (χ1n) is 7.06. The van der Waals surface area contributed by atoms with E-state index in [0.717, 1.165) is 44.9 Å². The zero-order chi connectivity index (χ0) is 13.7. The van der Waals surface area contributed by atoms with Gasteiger partial charge in [-0.3, -0.25) is 0 Å². The second kappa shape index (κ2) is 6.60. The van der Waals surface area contributed by atoms with Gasteiger partial charge in [-0.05, 0) is 56.8 Å². The highest BCUT2D eigenvalue weighted by atomic mass is 16.1. The van der Waals surface area contributed by atoms with E-state index in [2.05, 4.69) is 16.6 Å². The van der Waals surface area contributed by atoms with Crippen LogP contribution in [0.25, 0.3) is 0 Å². The van der Waals surface area contributed by atoms with Crippen LogP contribution in [0.1, 0.15) is 44.9 Å². The average Bonchev–Trinajstić information content (AvgIpc) is 2.41. The van der Waals surface area contributed by atoms with Gasteiger partial charge in [-0.15, -0.1) is 0 Å². The summed E-state index contributed by atoms with van der Waals surface area (Å²) >= 11 is 0. The van der Waals surface area contributed by atoms with Gasteiger partial charge < -0.3 is 0 Å². The first-order valence-corrected chi connectivity index (χ1v) is 7.06. The molecule has 2 aliphatic carbocycles. The van der Waals surface area contributed by atoms with Gasteiger partial charge in [-0.1, -0.05) is 12.2 Å². The molecule has 4 nitrogen and oxygen atoms in total. The monoisotopic (exact) mass is 260 g/mol. The van der Waals surface area contributed by atoms with E-state index in [-0.39, 0.29) is 12.1 Å². The third kappa shape index (κ3) is 3.50. The lowest BCUT2D eigenvalue weighted by molar-refractivity contribution is 0.224. The minimum absolute atomic E-state index is 0.0947. The number of hydrogen-bond donors (Lipinski definition) is 0. The van der Waals surface area contributed by atoms with Gasteiger partial charge in [0.05, 0.1) is 12.1 Å². The molecule has 0 radical (unpaired) electrons. The van der Waals surface area contributed by atoms with E-state index in [1.54, 1.807) is 12.2 Å². The highest BCUT2D eigenvalue weighted by Gasteiger charge is 2.32. The Morgan fingerprint density at radius 2 is 1.47 bits per heavy atom. The Kier molecular flexibility index (Phi) is 4.84. The van der Waals surface area contributed by atoms with Crippen LogP contribution in [0.3, 0.4) is 0 Å². The predicted molar refractivity (Wildman–Crippen MR) is 72.3 cm³/mol. The van der Waals surface area contributed by atoms with E-state index < -0.39 is 0 Å². The second-order valence-electron chi connectivity index (χ2n) is 5.71. The molecule has 0 saturated heterocycles. The summed E-state index contributed by atoms with van der Waals surface area (Å²) in [5.74, 6) is 1.21. The van der Waals surface area contributed by atoms with Gasteiger partial charge in [0.2, 0.25) is 12.2 Å². The van der Waals surface area contributed by atoms with Crippen LogP contribution in [0.2, 0.25) is 0 Å². The third-order valence-electron chi connectivity index (χ3n) is 4.61. The summed E-state index contributed by atoms with van der Waals surface area (Å²) in [6, 6.07) is 0.273. The molecule has 4 heteroatoms. The molecule has 2 aliphatic rings. The molecule has 0 N–H and O–H groups in total. The molecule has 0 bridgehead atoms. The standard InChI is InChI=1S/C15H20N2O2/c1-11-8-14(17-10-19)6-7-15(11)12-2-4-13(5-3-12)16-9-18/h12-15H,1-8H2. The first kappa shape index (κ1) is 13.9. The predicted octanol–water partition coefficient (Wildman–Crippen LogP) is 2.94. The fourth-order valence-corrected chi connectivity index (χ4v) is 3.59. The number of hydrogen-bond acceptors (Lipinski definition) is 4. The molecule has 2 rings (SSSR count).